The number of pyridine rings is 1. The second-order valence-electron chi connectivity index (χ2n) is 6.83. The molecule has 0 spiro atoms. The lowest BCUT2D eigenvalue weighted by atomic mass is 10.1. The zero-order valence-corrected chi connectivity index (χ0v) is 20.0. The highest BCUT2D eigenvalue weighted by molar-refractivity contribution is 8.76. The molecule has 0 atom stereocenters. The molecule has 0 radical (unpaired) electrons. The summed E-state index contributed by atoms with van der Waals surface area (Å²) in [6.07, 6.45) is 2.19. The highest BCUT2D eigenvalue weighted by Crippen LogP contribution is 2.29. The Bertz CT molecular complexity index is 721. The fraction of sp³-hybridized carbons (Fsp3) is 0.550. The van der Waals surface area contributed by atoms with Gasteiger partial charge in [0.25, 0.3) is 0 Å². The Morgan fingerprint density at radius 3 is 2.18 bits per heavy atom. The van der Waals surface area contributed by atoms with Crippen molar-refractivity contribution in [1.82, 2.24) is 25.8 Å². The summed E-state index contributed by atoms with van der Waals surface area (Å²) in [6.45, 7) is 1.01. The number of rotatable bonds is 17. The van der Waals surface area contributed by atoms with E-state index in [9.17, 15) is 19.2 Å². The number of carbonyl (C=O) groups excluding carboxylic acids is 2. The van der Waals surface area contributed by atoms with Crippen molar-refractivity contribution >= 4 is 45.6 Å². The van der Waals surface area contributed by atoms with Gasteiger partial charge in [0.1, 0.15) is 5.03 Å². The van der Waals surface area contributed by atoms with Gasteiger partial charge in [0, 0.05) is 57.5 Å². The van der Waals surface area contributed by atoms with E-state index in [4.69, 9.17) is 10.2 Å². The highest BCUT2D eigenvalue weighted by Gasteiger charge is 2.13. The van der Waals surface area contributed by atoms with E-state index in [1.807, 2.05) is 18.2 Å². The summed E-state index contributed by atoms with van der Waals surface area (Å²) in [4.78, 5) is 51.0. The minimum absolute atomic E-state index is 0.0109. The summed E-state index contributed by atoms with van der Waals surface area (Å²) in [5, 5.41) is 25.5. The van der Waals surface area contributed by atoms with Crippen molar-refractivity contribution in [3.05, 3.63) is 24.4 Å². The Hall–Kier alpha value is -2.67. The Labute approximate surface area is 200 Å². The number of hydrogen-bond acceptors (Lipinski definition) is 7. The molecule has 0 aliphatic rings. The molecule has 0 aliphatic carbocycles. The van der Waals surface area contributed by atoms with E-state index >= 15 is 0 Å². The molecule has 11 nitrogen and oxygen atoms in total. The number of unbranched alkanes of at least 4 members (excludes halogenated alkanes) is 2. The van der Waals surface area contributed by atoms with Crippen LogP contribution in [0.3, 0.4) is 0 Å². The Kier molecular flexibility index (Phi) is 15.3. The molecule has 0 aliphatic heterocycles. The third-order valence-corrected chi connectivity index (χ3v) is 6.52. The van der Waals surface area contributed by atoms with Gasteiger partial charge < -0.3 is 31.1 Å². The third-order valence-electron chi connectivity index (χ3n) is 4.25. The number of aromatic nitrogens is 1. The average Bonchev–Trinajstić information content (AvgIpc) is 2.78. The first-order chi connectivity index (χ1) is 15.9. The molecule has 0 aromatic carbocycles. The number of amides is 4. The van der Waals surface area contributed by atoms with E-state index in [1.54, 1.807) is 17.0 Å². The quantitative estimate of drug-likeness (QED) is 0.159. The molecular weight excluding hydrogens is 470 g/mol. The predicted molar refractivity (Wildman–Crippen MR) is 127 cm³/mol. The summed E-state index contributed by atoms with van der Waals surface area (Å²) in [6, 6.07) is 5.69. The molecule has 1 rings (SSSR count). The molecule has 184 valence electrons. The lowest BCUT2D eigenvalue weighted by molar-refractivity contribution is -0.131. The summed E-state index contributed by atoms with van der Waals surface area (Å²) in [5.74, 6) is 0.509. The maximum absolute atomic E-state index is 12.4. The van der Waals surface area contributed by atoms with Gasteiger partial charge in [-0.25, -0.2) is 14.6 Å². The number of nitrogens with one attached hydrogen (secondary N) is 3. The largest absolute Gasteiger partial charge is 0.465 e. The van der Waals surface area contributed by atoms with Crippen LogP contribution in [0, 0.1) is 0 Å². The van der Waals surface area contributed by atoms with Gasteiger partial charge in [-0.05, 0) is 35.8 Å². The number of carbonyl (C=O) groups is 4. The second kappa shape index (κ2) is 17.8. The molecule has 0 saturated heterocycles. The Morgan fingerprint density at radius 1 is 0.879 bits per heavy atom. The summed E-state index contributed by atoms with van der Waals surface area (Å²) in [5.41, 5.74) is 0. The van der Waals surface area contributed by atoms with Crippen molar-refractivity contribution in [3.63, 3.8) is 0 Å². The van der Waals surface area contributed by atoms with Crippen LogP contribution in [0.1, 0.15) is 32.1 Å². The molecule has 1 heterocycles. The third kappa shape index (κ3) is 15.7. The molecule has 0 bridgehead atoms. The van der Waals surface area contributed by atoms with E-state index in [1.165, 1.54) is 15.7 Å². The lowest BCUT2D eigenvalue weighted by Gasteiger charge is -2.22. The van der Waals surface area contributed by atoms with E-state index in [-0.39, 0.29) is 44.4 Å². The Balaban J connectivity index is 2.13. The minimum Gasteiger partial charge on any atom is -0.465 e. The lowest BCUT2D eigenvalue weighted by Crippen LogP contribution is -2.42. The van der Waals surface area contributed by atoms with Gasteiger partial charge in [-0.2, -0.15) is 0 Å². The normalized spacial score (nSPS) is 10.3. The first-order valence-electron chi connectivity index (χ1n) is 10.6. The van der Waals surface area contributed by atoms with Crippen molar-refractivity contribution in [2.75, 3.05) is 38.5 Å². The van der Waals surface area contributed by atoms with Gasteiger partial charge in [-0.3, -0.25) is 9.59 Å². The van der Waals surface area contributed by atoms with Crippen LogP contribution in [-0.2, 0) is 9.59 Å². The molecule has 1 aromatic heterocycles. The van der Waals surface area contributed by atoms with Gasteiger partial charge in [0.2, 0.25) is 11.8 Å². The number of nitrogens with zero attached hydrogens (tertiary/aromatic N) is 2. The molecule has 4 amide bonds. The highest BCUT2D eigenvalue weighted by atomic mass is 33.1. The fourth-order valence-corrected chi connectivity index (χ4v) is 4.51. The van der Waals surface area contributed by atoms with Gasteiger partial charge in [0.05, 0.1) is 0 Å². The van der Waals surface area contributed by atoms with Crippen molar-refractivity contribution < 1.29 is 29.4 Å². The second-order valence-corrected chi connectivity index (χ2v) is 9.26. The minimum atomic E-state index is -1.18. The molecule has 13 heteroatoms. The molecule has 0 fully saturated rings. The molecule has 0 saturated carbocycles. The van der Waals surface area contributed by atoms with Crippen LogP contribution in [0.25, 0.3) is 0 Å². The molecule has 5 N–H and O–H groups in total. The van der Waals surface area contributed by atoms with Crippen LogP contribution in [0.15, 0.2) is 29.4 Å². The van der Waals surface area contributed by atoms with Crippen LogP contribution >= 0.6 is 21.6 Å². The van der Waals surface area contributed by atoms with Crippen molar-refractivity contribution in [2.45, 2.75) is 37.1 Å². The van der Waals surface area contributed by atoms with E-state index in [0.29, 0.717) is 25.1 Å². The van der Waals surface area contributed by atoms with Crippen molar-refractivity contribution in [3.8, 4) is 0 Å². The molecule has 0 unspecified atom stereocenters. The summed E-state index contributed by atoms with van der Waals surface area (Å²) < 4.78 is 0. The number of hydrogen-bond donors (Lipinski definition) is 5. The molecular formula is C20H31N5O6S2. The molecule has 1 aromatic rings. The fourth-order valence-electron chi connectivity index (χ4n) is 2.64. The van der Waals surface area contributed by atoms with Crippen LogP contribution in [0.4, 0.5) is 9.59 Å². The van der Waals surface area contributed by atoms with Crippen LogP contribution in [0.5, 0.6) is 0 Å². The van der Waals surface area contributed by atoms with Crippen LogP contribution < -0.4 is 16.0 Å². The monoisotopic (exact) mass is 501 g/mol. The topological polar surface area (TPSA) is 161 Å². The smallest absolute Gasteiger partial charge is 0.404 e. The van der Waals surface area contributed by atoms with E-state index in [2.05, 4.69) is 20.9 Å². The van der Waals surface area contributed by atoms with Crippen LogP contribution in [0.2, 0.25) is 0 Å². The van der Waals surface area contributed by atoms with E-state index < -0.39 is 12.2 Å². The maximum atomic E-state index is 12.4. The van der Waals surface area contributed by atoms with Gasteiger partial charge in [0.15, 0.2) is 0 Å². The predicted octanol–water partition coefficient (Wildman–Crippen LogP) is 2.25. The van der Waals surface area contributed by atoms with Crippen molar-refractivity contribution in [2.24, 2.45) is 0 Å². The zero-order chi connectivity index (χ0) is 24.3. The Morgan fingerprint density at radius 2 is 1.58 bits per heavy atom. The summed E-state index contributed by atoms with van der Waals surface area (Å²) in [7, 11) is 3.12. The standard InChI is InChI=1S/C20H31N5O6S2/c26-16(8-15-32-33-17-6-3-5-10-22-17)21-9-4-1-2-7-18(27)25(13-11-23-19(28)29)14-12-24-20(30)31/h3,5-6,10,23-24H,1-2,4,7-9,11-15H2,(H,21,26)(H,28,29)(H,30,31). The maximum Gasteiger partial charge on any atom is 0.404 e. The van der Waals surface area contributed by atoms with E-state index in [0.717, 1.165) is 17.9 Å². The first-order valence-corrected chi connectivity index (χ1v) is 12.9. The van der Waals surface area contributed by atoms with Crippen LogP contribution in [-0.4, -0.2) is 82.6 Å². The van der Waals surface area contributed by atoms with Gasteiger partial charge >= 0.3 is 12.2 Å². The zero-order valence-electron chi connectivity index (χ0n) is 18.3. The summed E-state index contributed by atoms with van der Waals surface area (Å²) >= 11 is 0. The number of carboxylic acid groups (broad SMARTS) is 2. The molecule has 33 heavy (non-hydrogen) atoms. The SMILES string of the molecule is O=C(O)NCCN(CCNC(=O)O)C(=O)CCCCCNC(=O)CCSSc1ccccn1. The van der Waals surface area contributed by atoms with Gasteiger partial charge in [-0.15, -0.1) is 0 Å². The van der Waals surface area contributed by atoms with Gasteiger partial charge in [-0.1, -0.05) is 23.3 Å². The average molecular weight is 502 g/mol. The first kappa shape index (κ1) is 28.4. The van der Waals surface area contributed by atoms with Crippen molar-refractivity contribution in [1.29, 1.82) is 0 Å².